The van der Waals surface area contributed by atoms with Gasteiger partial charge in [-0.3, -0.25) is 4.90 Å². The topological polar surface area (TPSA) is 29.3 Å². The first-order chi connectivity index (χ1) is 6.35. The summed E-state index contributed by atoms with van der Waals surface area (Å²) in [5.41, 5.74) is 5.45. The Morgan fingerprint density at radius 3 is 2.29 bits per heavy atom. The Morgan fingerprint density at radius 1 is 1.36 bits per heavy atom. The molecule has 1 aliphatic rings. The maximum absolute atomic E-state index is 12.1. The summed E-state index contributed by atoms with van der Waals surface area (Å²) < 4.78 is 36.4. The molecule has 2 N–H and O–H groups in total. The Morgan fingerprint density at radius 2 is 1.93 bits per heavy atom. The van der Waals surface area contributed by atoms with Crippen LogP contribution in [0.15, 0.2) is 0 Å². The van der Waals surface area contributed by atoms with Crippen LogP contribution in [-0.4, -0.2) is 36.2 Å². The van der Waals surface area contributed by atoms with Crippen LogP contribution in [0.25, 0.3) is 0 Å². The Kier molecular flexibility index (Phi) is 3.42. The predicted octanol–water partition coefficient (Wildman–Crippen LogP) is 1.75. The molecule has 2 nitrogen and oxygen atoms in total. The molecule has 1 saturated carbocycles. The number of nitrogens with zero attached hydrogens (tertiary/aromatic N) is 1. The van der Waals surface area contributed by atoms with Gasteiger partial charge in [-0.05, 0) is 25.8 Å². The van der Waals surface area contributed by atoms with Gasteiger partial charge in [0.25, 0.3) is 0 Å². The Labute approximate surface area is 82.2 Å². The lowest BCUT2D eigenvalue weighted by Crippen LogP contribution is -2.44. The van der Waals surface area contributed by atoms with Crippen molar-refractivity contribution in [2.45, 2.75) is 37.9 Å². The van der Waals surface area contributed by atoms with Crippen molar-refractivity contribution >= 4 is 0 Å². The van der Waals surface area contributed by atoms with Crippen molar-refractivity contribution in [1.82, 2.24) is 4.90 Å². The normalized spacial score (nSPS) is 20.1. The minimum Gasteiger partial charge on any atom is -0.324 e. The summed E-state index contributed by atoms with van der Waals surface area (Å²) in [6.07, 6.45) is -1.68. The van der Waals surface area contributed by atoms with Crippen LogP contribution in [0.3, 0.4) is 0 Å². The van der Waals surface area contributed by atoms with Crippen LogP contribution in [0.2, 0.25) is 0 Å². The maximum Gasteiger partial charge on any atom is 0.401 e. The molecule has 0 aromatic rings. The number of halogens is 3. The minimum absolute atomic E-state index is 0.333. The molecule has 5 heteroatoms. The van der Waals surface area contributed by atoms with Gasteiger partial charge in [-0.15, -0.1) is 0 Å². The molecule has 0 aromatic heterocycles. The van der Waals surface area contributed by atoms with E-state index in [2.05, 4.69) is 0 Å². The van der Waals surface area contributed by atoms with Crippen LogP contribution in [0.1, 0.15) is 26.2 Å². The average Bonchev–Trinajstić information content (AvgIpc) is 2.64. The van der Waals surface area contributed by atoms with E-state index in [1.165, 1.54) is 4.90 Å². The Hall–Kier alpha value is -0.290. The van der Waals surface area contributed by atoms with Gasteiger partial charge in [0, 0.05) is 12.1 Å². The summed E-state index contributed by atoms with van der Waals surface area (Å²) in [6.45, 7) is 1.89. The van der Waals surface area contributed by atoms with Gasteiger partial charge in [-0.1, -0.05) is 6.92 Å². The zero-order valence-electron chi connectivity index (χ0n) is 8.40. The molecule has 1 fully saturated rings. The largest absolute Gasteiger partial charge is 0.401 e. The summed E-state index contributed by atoms with van der Waals surface area (Å²) in [5.74, 6) is 0. The average molecular weight is 210 g/mol. The monoisotopic (exact) mass is 210 g/mol. The van der Waals surface area contributed by atoms with E-state index in [-0.39, 0.29) is 5.54 Å². The molecule has 14 heavy (non-hydrogen) atoms. The zero-order chi connectivity index (χ0) is 10.8. The number of rotatable bonds is 5. The van der Waals surface area contributed by atoms with Crippen molar-refractivity contribution in [2.75, 3.05) is 19.6 Å². The zero-order valence-corrected chi connectivity index (χ0v) is 8.40. The van der Waals surface area contributed by atoms with Gasteiger partial charge < -0.3 is 5.73 Å². The van der Waals surface area contributed by atoms with Gasteiger partial charge in [0.15, 0.2) is 0 Å². The van der Waals surface area contributed by atoms with E-state index in [0.29, 0.717) is 13.1 Å². The highest BCUT2D eigenvalue weighted by molar-refractivity contribution is 5.01. The van der Waals surface area contributed by atoms with Crippen molar-refractivity contribution in [3.05, 3.63) is 0 Å². The number of nitrogens with two attached hydrogens (primary N) is 1. The first kappa shape index (κ1) is 11.8. The van der Waals surface area contributed by atoms with Crippen LogP contribution >= 0.6 is 0 Å². The molecule has 0 unspecified atom stereocenters. The third kappa shape index (κ3) is 4.28. The van der Waals surface area contributed by atoms with E-state index in [1.54, 1.807) is 0 Å². The minimum atomic E-state index is -4.11. The van der Waals surface area contributed by atoms with Crippen molar-refractivity contribution in [1.29, 1.82) is 0 Å². The summed E-state index contributed by atoms with van der Waals surface area (Å²) >= 11 is 0. The lowest BCUT2D eigenvalue weighted by Gasteiger charge is -2.25. The second-order valence-corrected chi connectivity index (χ2v) is 4.19. The summed E-state index contributed by atoms with van der Waals surface area (Å²) in [5, 5.41) is 0. The lowest BCUT2D eigenvalue weighted by molar-refractivity contribution is -0.146. The number of hydrogen-bond acceptors (Lipinski definition) is 2. The molecule has 0 heterocycles. The summed E-state index contributed by atoms with van der Waals surface area (Å²) in [4.78, 5) is 1.41. The number of alkyl halides is 3. The predicted molar refractivity (Wildman–Crippen MR) is 48.9 cm³/mol. The Bertz CT molecular complexity index is 180. The molecular weight excluding hydrogens is 193 g/mol. The number of hydrogen-bond donors (Lipinski definition) is 1. The lowest BCUT2D eigenvalue weighted by atomic mass is 10.2. The standard InChI is InChI=1S/C9H17F3N2/c1-2-5-14(7-9(10,11)12)6-8(13)3-4-8/h2-7,13H2,1H3. The molecular formula is C9H17F3N2. The van der Waals surface area contributed by atoms with Gasteiger partial charge in [0.2, 0.25) is 0 Å². The van der Waals surface area contributed by atoms with E-state index in [4.69, 9.17) is 5.73 Å². The quantitative estimate of drug-likeness (QED) is 0.749. The molecule has 0 radical (unpaired) electrons. The van der Waals surface area contributed by atoms with Gasteiger partial charge in [-0.2, -0.15) is 13.2 Å². The van der Waals surface area contributed by atoms with Crippen LogP contribution in [-0.2, 0) is 0 Å². The second kappa shape index (κ2) is 4.06. The molecule has 1 rings (SSSR count). The fourth-order valence-electron chi connectivity index (χ4n) is 1.55. The van der Waals surface area contributed by atoms with Crippen LogP contribution in [0, 0.1) is 0 Å². The third-order valence-electron chi connectivity index (χ3n) is 2.37. The van der Waals surface area contributed by atoms with E-state index < -0.39 is 12.7 Å². The van der Waals surface area contributed by atoms with Crippen molar-refractivity contribution in [3.8, 4) is 0 Å². The molecule has 0 amide bonds. The van der Waals surface area contributed by atoms with E-state index in [0.717, 1.165) is 19.3 Å². The van der Waals surface area contributed by atoms with E-state index in [1.807, 2.05) is 6.92 Å². The van der Waals surface area contributed by atoms with Crippen LogP contribution in [0.4, 0.5) is 13.2 Å². The molecule has 0 aliphatic heterocycles. The molecule has 0 bridgehead atoms. The van der Waals surface area contributed by atoms with Gasteiger partial charge >= 0.3 is 6.18 Å². The highest BCUT2D eigenvalue weighted by Gasteiger charge is 2.41. The molecule has 0 atom stereocenters. The van der Waals surface area contributed by atoms with Crippen molar-refractivity contribution < 1.29 is 13.2 Å². The second-order valence-electron chi connectivity index (χ2n) is 4.19. The third-order valence-corrected chi connectivity index (χ3v) is 2.37. The van der Waals surface area contributed by atoms with Gasteiger partial charge in [0.05, 0.1) is 6.54 Å². The first-order valence-electron chi connectivity index (χ1n) is 4.93. The summed E-state index contributed by atoms with van der Waals surface area (Å²) in [6, 6.07) is 0. The highest BCUT2D eigenvalue weighted by atomic mass is 19.4. The summed E-state index contributed by atoms with van der Waals surface area (Å²) in [7, 11) is 0. The van der Waals surface area contributed by atoms with Gasteiger partial charge in [0.1, 0.15) is 0 Å². The molecule has 0 spiro atoms. The Balaban J connectivity index is 2.38. The highest BCUT2D eigenvalue weighted by Crippen LogP contribution is 2.33. The SMILES string of the molecule is CCCN(CC(F)(F)F)CC1(N)CC1. The maximum atomic E-state index is 12.1. The van der Waals surface area contributed by atoms with Crippen molar-refractivity contribution in [2.24, 2.45) is 5.73 Å². The van der Waals surface area contributed by atoms with Gasteiger partial charge in [-0.25, -0.2) is 0 Å². The molecule has 0 saturated heterocycles. The van der Waals surface area contributed by atoms with Crippen LogP contribution < -0.4 is 5.73 Å². The fourth-order valence-corrected chi connectivity index (χ4v) is 1.55. The molecule has 84 valence electrons. The van der Waals surface area contributed by atoms with Crippen LogP contribution in [0.5, 0.6) is 0 Å². The molecule has 0 aromatic carbocycles. The van der Waals surface area contributed by atoms with E-state index >= 15 is 0 Å². The van der Waals surface area contributed by atoms with Crippen molar-refractivity contribution in [3.63, 3.8) is 0 Å². The smallest absolute Gasteiger partial charge is 0.324 e. The molecule has 1 aliphatic carbocycles. The fraction of sp³-hybridized carbons (Fsp3) is 1.00. The first-order valence-corrected chi connectivity index (χ1v) is 4.93. The van der Waals surface area contributed by atoms with E-state index in [9.17, 15) is 13.2 Å².